The zero-order valence-corrected chi connectivity index (χ0v) is 25.5. The number of esters is 1. The molecule has 2 atom stereocenters. The molecule has 42 heavy (non-hydrogen) atoms. The van der Waals surface area contributed by atoms with Gasteiger partial charge in [-0.25, -0.2) is 4.39 Å². The molecule has 1 amide bonds. The van der Waals surface area contributed by atoms with Gasteiger partial charge in [-0.15, -0.1) is 0 Å². The Morgan fingerprint density at radius 2 is 1.60 bits per heavy atom. The number of fused-ring (bicyclic) bond motifs is 1. The van der Waals surface area contributed by atoms with Crippen LogP contribution in [0.1, 0.15) is 93.1 Å². The van der Waals surface area contributed by atoms with Crippen molar-refractivity contribution in [3.63, 3.8) is 0 Å². The van der Waals surface area contributed by atoms with Gasteiger partial charge in [-0.05, 0) is 60.1 Å². The van der Waals surface area contributed by atoms with Crippen LogP contribution in [0.5, 0.6) is 0 Å². The summed E-state index contributed by atoms with van der Waals surface area (Å²) in [6.45, 7) is 8.83. The highest BCUT2D eigenvalue weighted by Gasteiger charge is 2.28. The van der Waals surface area contributed by atoms with Gasteiger partial charge in [-0.1, -0.05) is 87.7 Å². The van der Waals surface area contributed by atoms with Crippen molar-refractivity contribution in [1.29, 1.82) is 0 Å². The molecule has 3 aromatic rings. The number of carbonyl (C=O) groups is 2. The first-order valence-electron chi connectivity index (χ1n) is 15.0. The Balaban J connectivity index is 0.00000114. The van der Waals surface area contributed by atoms with Gasteiger partial charge in [-0.2, -0.15) is 0 Å². The van der Waals surface area contributed by atoms with E-state index in [2.05, 4.69) is 32.2 Å². The van der Waals surface area contributed by atoms with Crippen molar-refractivity contribution in [3.8, 4) is 0 Å². The summed E-state index contributed by atoms with van der Waals surface area (Å²) in [6.07, 6.45) is 8.59. The first-order valence-corrected chi connectivity index (χ1v) is 15.0. The lowest BCUT2D eigenvalue weighted by molar-refractivity contribution is -0.142. The van der Waals surface area contributed by atoms with Gasteiger partial charge < -0.3 is 14.8 Å². The molecule has 0 heterocycles. The fourth-order valence-electron chi connectivity index (χ4n) is 5.15. The summed E-state index contributed by atoms with van der Waals surface area (Å²) < 4.78 is 25.0. The lowest BCUT2D eigenvalue weighted by Crippen LogP contribution is -2.26. The molecule has 4 rings (SSSR count). The maximum Gasteiger partial charge on any atom is 0.307 e. The molecular weight excluding hydrogens is 529 g/mol. The fourth-order valence-corrected chi connectivity index (χ4v) is 5.15. The number of unbranched alkanes of at least 4 members (excludes halogenated alkanes) is 1. The molecule has 0 saturated heterocycles. The van der Waals surface area contributed by atoms with Crippen LogP contribution in [0.15, 0.2) is 84.1 Å². The number of halogens is 1. The molecule has 0 aromatic heterocycles. The number of hydrogen-bond acceptors (Lipinski definition) is 4. The summed E-state index contributed by atoms with van der Waals surface area (Å²) in [4.78, 5) is 24.1. The predicted molar refractivity (Wildman–Crippen MR) is 168 cm³/mol. The highest BCUT2D eigenvalue weighted by atomic mass is 19.1. The van der Waals surface area contributed by atoms with E-state index < -0.39 is 0 Å². The summed E-state index contributed by atoms with van der Waals surface area (Å²) in [5.41, 5.74) is 3.94. The lowest BCUT2D eigenvalue weighted by atomic mass is 9.74. The van der Waals surface area contributed by atoms with Crippen molar-refractivity contribution in [1.82, 2.24) is 5.32 Å². The number of nitrogens with one attached hydrogen (secondary N) is 1. The average molecular weight is 574 g/mol. The van der Waals surface area contributed by atoms with Crippen LogP contribution < -0.4 is 5.32 Å². The third-order valence-electron chi connectivity index (χ3n) is 7.66. The van der Waals surface area contributed by atoms with Crippen molar-refractivity contribution in [3.05, 3.63) is 107 Å². The smallest absolute Gasteiger partial charge is 0.307 e. The first-order chi connectivity index (χ1) is 20.3. The number of rotatable bonds is 11. The van der Waals surface area contributed by atoms with Crippen LogP contribution in [0, 0.1) is 5.82 Å². The molecule has 0 bridgehead atoms. The Bertz CT molecular complexity index is 1390. The molecule has 5 nitrogen and oxygen atoms in total. The van der Waals surface area contributed by atoms with Gasteiger partial charge in [0.15, 0.2) is 0 Å². The molecular formula is C36H44FNO4. The molecule has 224 valence electrons. The summed E-state index contributed by atoms with van der Waals surface area (Å²) in [5.74, 6) is 0.228. The predicted octanol–water partition coefficient (Wildman–Crippen LogP) is 8.61. The zero-order valence-electron chi connectivity index (χ0n) is 25.5. The van der Waals surface area contributed by atoms with Crippen LogP contribution in [0.25, 0.3) is 10.8 Å². The van der Waals surface area contributed by atoms with Gasteiger partial charge in [0.2, 0.25) is 0 Å². The molecule has 0 aliphatic heterocycles. The Morgan fingerprint density at radius 3 is 2.19 bits per heavy atom. The molecule has 1 N–H and O–H groups in total. The Kier molecular flexibility index (Phi) is 12.8. The quantitative estimate of drug-likeness (QED) is 0.233. The maximum atomic E-state index is 14.7. The van der Waals surface area contributed by atoms with Crippen LogP contribution in [-0.2, 0) is 14.3 Å². The van der Waals surface area contributed by atoms with E-state index in [-0.39, 0.29) is 42.5 Å². The fraction of sp³-hybridized carbons (Fsp3) is 0.389. The second-order valence-corrected chi connectivity index (χ2v) is 10.5. The molecule has 1 aliphatic carbocycles. The number of allylic oxidation sites excluding steroid dienone is 4. The molecule has 0 radical (unpaired) electrons. The minimum Gasteiger partial charge on any atom is -0.501 e. The van der Waals surface area contributed by atoms with Gasteiger partial charge in [0.1, 0.15) is 5.82 Å². The van der Waals surface area contributed by atoms with Gasteiger partial charge in [0.25, 0.3) is 5.91 Å². The van der Waals surface area contributed by atoms with Gasteiger partial charge >= 0.3 is 5.97 Å². The van der Waals surface area contributed by atoms with Crippen molar-refractivity contribution in [2.75, 3.05) is 20.3 Å². The second-order valence-electron chi connectivity index (χ2n) is 10.5. The van der Waals surface area contributed by atoms with Crippen LogP contribution in [0.3, 0.4) is 0 Å². The van der Waals surface area contributed by atoms with Crippen LogP contribution in [0.2, 0.25) is 0 Å². The van der Waals surface area contributed by atoms with Crippen LogP contribution in [-0.4, -0.2) is 32.1 Å². The van der Waals surface area contributed by atoms with E-state index in [4.69, 9.17) is 9.47 Å². The van der Waals surface area contributed by atoms with E-state index in [0.717, 1.165) is 35.1 Å². The van der Waals surface area contributed by atoms with Gasteiger partial charge in [0, 0.05) is 29.8 Å². The maximum absolute atomic E-state index is 14.7. The molecule has 0 spiro atoms. The van der Waals surface area contributed by atoms with E-state index in [1.807, 2.05) is 60.7 Å². The van der Waals surface area contributed by atoms with Gasteiger partial charge in [-0.3, -0.25) is 9.59 Å². The molecule has 1 aliphatic rings. The van der Waals surface area contributed by atoms with Crippen molar-refractivity contribution < 1.29 is 23.5 Å². The summed E-state index contributed by atoms with van der Waals surface area (Å²) >= 11 is 0. The molecule has 0 fully saturated rings. The van der Waals surface area contributed by atoms with Crippen molar-refractivity contribution in [2.45, 2.75) is 71.6 Å². The van der Waals surface area contributed by atoms with Crippen LogP contribution in [0.4, 0.5) is 4.39 Å². The summed E-state index contributed by atoms with van der Waals surface area (Å²) in [5, 5.41) is 4.29. The Morgan fingerprint density at radius 1 is 0.905 bits per heavy atom. The largest absolute Gasteiger partial charge is 0.501 e. The summed E-state index contributed by atoms with van der Waals surface area (Å²) in [6, 6.07) is 18.6. The Labute approximate surface area is 249 Å². The third-order valence-corrected chi connectivity index (χ3v) is 7.66. The zero-order chi connectivity index (χ0) is 30.5. The third kappa shape index (κ3) is 8.54. The highest BCUT2D eigenvalue weighted by molar-refractivity contribution is 5.94. The lowest BCUT2D eigenvalue weighted by Gasteiger charge is -2.30. The molecule has 6 heteroatoms. The molecule has 3 aromatic carbocycles. The SMILES string of the molecule is CCCC.CCOC(=O)CCNC(=O)c1ccc(C(C)C(C2=CC=C(OC)CC2)c2ccc(F)c3ccccc23)cc1. The number of methoxy groups -OCH3 is 1. The second kappa shape index (κ2) is 16.5. The van der Waals surface area contributed by atoms with E-state index in [0.29, 0.717) is 17.6 Å². The normalized spacial score (nSPS) is 14.0. The molecule has 0 saturated carbocycles. The highest BCUT2D eigenvalue weighted by Crippen LogP contribution is 2.44. The number of amides is 1. The van der Waals surface area contributed by atoms with E-state index in [9.17, 15) is 14.0 Å². The van der Waals surface area contributed by atoms with E-state index in [1.54, 1.807) is 20.1 Å². The first kappa shape index (κ1) is 32.6. The van der Waals surface area contributed by atoms with Gasteiger partial charge in [0.05, 0.1) is 25.9 Å². The number of hydrogen-bond donors (Lipinski definition) is 1. The standard InChI is InChI=1S/C32H34FNO4.C4H10/c1-4-38-30(35)19-20-34-32(36)24-11-9-22(10-12-24)21(2)31(23-13-15-25(37-3)16-14-23)28-17-18-29(33)27-8-6-5-7-26(27)28;1-3-4-2/h5-13,15,17-18,21,31H,4,14,16,19-20H2,1-3H3,(H,34,36);3-4H2,1-2H3. The number of benzene rings is 3. The van der Waals surface area contributed by atoms with E-state index >= 15 is 0 Å². The number of carbonyl (C=O) groups excluding carboxylic acids is 2. The minimum absolute atomic E-state index is 0.0133. The monoisotopic (exact) mass is 573 g/mol. The Hall–Kier alpha value is -3.93. The van der Waals surface area contributed by atoms with E-state index in [1.165, 1.54) is 18.4 Å². The molecule has 2 unspecified atom stereocenters. The van der Waals surface area contributed by atoms with Crippen LogP contribution >= 0.6 is 0 Å². The van der Waals surface area contributed by atoms with Crippen molar-refractivity contribution >= 4 is 22.6 Å². The average Bonchev–Trinajstić information content (AvgIpc) is 3.03. The summed E-state index contributed by atoms with van der Waals surface area (Å²) in [7, 11) is 1.69. The van der Waals surface area contributed by atoms with Crippen molar-refractivity contribution in [2.24, 2.45) is 0 Å². The topological polar surface area (TPSA) is 64.6 Å². The number of ether oxygens (including phenoxy) is 2. The minimum atomic E-state index is -0.333.